The second-order valence-electron chi connectivity index (χ2n) is 7.52. The first-order valence-corrected chi connectivity index (χ1v) is 10.1. The highest BCUT2D eigenvalue weighted by molar-refractivity contribution is 5.80. The van der Waals surface area contributed by atoms with Crippen molar-refractivity contribution in [1.29, 1.82) is 0 Å². The number of likely N-dealkylation sites (tertiary alicyclic amines) is 1. The first kappa shape index (κ1) is 19.3. The van der Waals surface area contributed by atoms with Gasteiger partial charge in [-0.05, 0) is 36.1 Å². The molecule has 2 unspecified atom stereocenters. The Bertz CT molecular complexity index is 884. The molecule has 1 N–H and O–H groups in total. The van der Waals surface area contributed by atoms with Crippen LogP contribution in [0, 0.1) is 0 Å². The van der Waals surface area contributed by atoms with Gasteiger partial charge in [0.05, 0.1) is 18.5 Å². The van der Waals surface area contributed by atoms with Crippen molar-refractivity contribution in [2.24, 2.45) is 0 Å². The van der Waals surface area contributed by atoms with E-state index in [9.17, 15) is 9.59 Å². The van der Waals surface area contributed by atoms with Crippen molar-refractivity contribution in [3.63, 3.8) is 0 Å². The summed E-state index contributed by atoms with van der Waals surface area (Å²) in [5.74, 6) is 1.40. The van der Waals surface area contributed by atoms with Crippen LogP contribution in [0.4, 0.5) is 0 Å². The maximum atomic E-state index is 13.2. The van der Waals surface area contributed by atoms with Crippen LogP contribution < -0.4 is 14.8 Å². The van der Waals surface area contributed by atoms with Gasteiger partial charge in [-0.3, -0.25) is 9.59 Å². The minimum Gasteiger partial charge on any atom is -0.486 e. The molecule has 2 aliphatic rings. The molecule has 6 nitrogen and oxygen atoms in total. The smallest absolute Gasteiger partial charge is 0.225 e. The number of ether oxygens (including phenoxy) is 2. The van der Waals surface area contributed by atoms with Gasteiger partial charge in [-0.25, -0.2) is 0 Å². The number of nitrogens with one attached hydrogen (secondary N) is 1. The number of carbonyl (C=O) groups is 2. The fourth-order valence-corrected chi connectivity index (χ4v) is 4.15. The van der Waals surface area contributed by atoms with Crippen LogP contribution in [-0.2, 0) is 9.59 Å². The maximum absolute atomic E-state index is 13.2. The van der Waals surface area contributed by atoms with Crippen molar-refractivity contribution in [3.05, 3.63) is 59.7 Å². The lowest BCUT2D eigenvalue weighted by Crippen LogP contribution is -2.35. The van der Waals surface area contributed by atoms with Crippen LogP contribution in [0.15, 0.2) is 48.5 Å². The van der Waals surface area contributed by atoms with E-state index in [1.807, 2.05) is 53.4 Å². The molecular weight excluding hydrogens is 368 g/mol. The third-order valence-electron chi connectivity index (χ3n) is 5.48. The topological polar surface area (TPSA) is 67.9 Å². The third-order valence-corrected chi connectivity index (χ3v) is 5.48. The summed E-state index contributed by atoms with van der Waals surface area (Å²) >= 11 is 0. The van der Waals surface area contributed by atoms with E-state index in [1.54, 1.807) is 0 Å². The summed E-state index contributed by atoms with van der Waals surface area (Å²) in [6, 6.07) is 15.3. The lowest BCUT2D eigenvalue weighted by molar-refractivity contribution is -0.133. The van der Waals surface area contributed by atoms with E-state index in [2.05, 4.69) is 5.32 Å². The van der Waals surface area contributed by atoms with Crippen molar-refractivity contribution in [1.82, 2.24) is 10.2 Å². The van der Waals surface area contributed by atoms with Crippen LogP contribution in [0.3, 0.4) is 0 Å². The van der Waals surface area contributed by atoms with Gasteiger partial charge in [-0.2, -0.15) is 0 Å². The predicted molar refractivity (Wildman–Crippen MR) is 109 cm³/mol. The molecule has 0 aliphatic carbocycles. The minimum atomic E-state index is -0.331. The number of rotatable bonds is 5. The summed E-state index contributed by atoms with van der Waals surface area (Å²) in [5, 5.41) is 2.92. The highest BCUT2D eigenvalue weighted by Crippen LogP contribution is 2.38. The monoisotopic (exact) mass is 394 g/mol. The second kappa shape index (κ2) is 8.55. The molecule has 1 fully saturated rings. The predicted octanol–water partition coefficient (Wildman–Crippen LogP) is 3.39. The lowest BCUT2D eigenvalue weighted by Gasteiger charge is -2.28. The van der Waals surface area contributed by atoms with Crippen LogP contribution in [0.1, 0.15) is 49.4 Å². The van der Waals surface area contributed by atoms with Crippen LogP contribution >= 0.6 is 0 Å². The SMILES string of the molecule is CC(=O)NC(CC(=O)N1CCCC1c1ccc2c(c1)OCCO2)c1ccccc1. The molecule has 0 radical (unpaired) electrons. The number of fused-ring (bicyclic) bond motifs is 1. The minimum absolute atomic E-state index is 0.0204. The second-order valence-corrected chi connectivity index (χ2v) is 7.52. The molecule has 2 aliphatic heterocycles. The standard InChI is InChI=1S/C23H26N2O4/c1-16(26)24-19(17-6-3-2-4-7-17)15-23(27)25-11-5-8-20(25)18-9-10-21-22(14-18)29-13-12-28-21/h2-4,6-7,9-10,14,19-20H,5,8,11-13,15H2,1H3,(H,24,26). The average molecular weight is 394 g/mol. The average Bonchev–Trinajstić information content (AvgIpc) is 3.23. The summed E-state index contributed by atoms with van der Waals surface area (Å²) in [4.78, 5) is 26.8. The molecule has 29 heavy (non-hydrogen) atoms. The van der Waals surface area contributed by atoms with Gasteiger partial charge >= 0.3 is 0 Å². The largest absolute Gasteiger partial charge is 0.486 e. The molecule has 2 amide bonds. The zero-order chi connectivity index (χ0) is 20.2. The van der Waals surface area contributed by atoms with Crippen molar-refractivity contribution in [2.45, 2.75) is 38.3 Å². The number of amides is 2. The molecule has 6 heteroatoms. The van der Waals surface area contributed by atoms with Gasteiger partial charge in [-0.1, -0.05) is 36.4 Å². The third kappa shape index (κ3) is 4.36. The first-order chi connectivity index (χ1) is 14.1. The fourth-order valence-electron chi connectivity index (χ4n) is 4.15. The Morgan fingerprint density at radius 1 is 1.10 bits per heavy atom. The molecule has 0 aromatic heterocycles. The molecule has 2 aromatic carbocycles. The number of nitrogens with zero attached hydrogens (tertiary/aromatic N) is 1. The highest BCUT2D eigenvalue weighted by atomic mass is 16.6. The van der Waals surface area contributed by atoms with Gasteiger partial charge < -0.3 is 19.7 Å². The number of carbonyl (C=O) groups excluding carboxylic acids is 2. The van der Waals surface area contributed by atoms with E-state index in [4.69, 9.17) is 9.47 Å². The molecule has 0 bridgehead atoms. The normalized spacial score (nSPS) is 18.9. The number of hydrogen-bond donors (Lipinski definition) is 1. The summed E-state index contributed by atoms with van der Waals surface area (Å²) in [6.45, 7) is 3.30. The van der Waals surface area contributed by atoms with Crippen LogP contribution in [0.5, 0.6) is 11.5 Å². The molecule has 0 saturated carbocycles. The Balaban J connectivity index is 1.51. The number of hydrogen-bond acceptors (Lipinski definition) is 4. The van der Waals surface area contributed by atoms with E-state index < -0.39 is 0 Å². The van der Waals surface area contributed by atoms with Gasteiger partial charge in [0.1, 0.15) is 13.2 Å². The molecule has 4 rings (SSSR count). The summed E-state index contributed by atoms with van der Waals surface area (Å²) < 4.78 is 11.3. The summed E-state index contributed by atoms with van der Waals surface area (Å²) in [5.41, 5.74) is 2.00. The zero-order valence-electron chi connectivity index (χ0n) is 16.6. The fraction of sp³-hybridized carbons (Fsp3) is 0.391. The van der Waals surface area contributed by atoms with Gasteiger partial charge in [0.15, 0.2) is 11.5 Å². The summed E-state index contributed by atoms with van der Waals surface area (Å²) in [7, 11) is 0. The lowest BCUT2D eigenvalue weighted by atomic mass is 10.0. The molecule has 2 aromatic rings. The number of benzene rings is 2. The first-order valence-electron chi connectivity index (χ1n) is 10.1. The zero-order valence-corrected chi connectivity index (χ0v) is 16.6. The van der Waals surface area contributed by atoms with Gasteiger partial charge in [0, 0.05) is 13.5 Å². The van der Waals surface area contributed by atoms with Crippen molar-refractivity contribution < 1.29 is 19.1 Å². The van der Waals surface area contributed by atoms with E-state index >= 15 is 0 Å². The van der Waals surface area contributed by atoms with Crippen molar-refractivity contribution >= 4 is 11.8 Å². The molecule has 0 spiro atoms. The van der Waals surface area contributed by atoms with Crippen LogP contribution in [0.25, 0.3) is 0 Å². The quantitative estimate of drug-likeness (QED) is 0.844. The van der Waals surface area contributed by atoms with E-state index in [-0.39, 0.29) is 30.3 Å². The highest BCUT2D eigenvalue weighted by Gasteiger charge is 2.32. The molecule has 152 valence electrons. The maximum Gasteiger partial charge on any atom is 0.225 e. The Labute approximate surface area is 170 Å². The Morgan fingerprint density at radius 3 is 2.62 bits per heavy atom. The van der Waals surface area contributed by atoms with Crippen molar-refractivity contribution in [2.75, 3.05) is 19.8 Å². The Hall–Kier alpha value is -3.02. The van der Waals surface area contributed by atoms with E-state index in [0.29, 0.717) is 13.2 Å². The van der Waals surface area contributed by atoms with Crippen LogP contribution in [0.2, 0.25) is 0 Å². The molecular formula is C23H26N2O4. The van der Waals surface area contributed by atoms with E-state index in [1.165, 1.54) is 6.92 Å². The molecule has 2 heterocycles. The molecule has 2 atom stereocenters. The summed E-state index contributed by atoms with van der Waals surface area (Å²) in [6.07, 6.45) is 2.12. The van der Waals surface area contributed by atoms with E-state index in [0.717, 1.165) is 42.0 Å². The van der Waals surface area contributed by atoms with Gasteiger partial charge in [0.25, 0.3) is 0 Å². The van der Waals surface area contributed by atoms with Gasteiger partial charge in [-0.15, -0.1) is 0 Å². The Kier molecular flexibility index (Phi) is 5.69. The van der Waals surface area contributed by atoms with Crippen molar-refractivity contribution in [3.8, 4) is 11.5 Å². The van der Waals surface area contributed by atoms with Crippen LogP contribution in [-0.4, -0.2) is 36.5 Å². The van der Waals surface area contributed by atoms with Gasteiger partial charge in [0.2, 0.25) is 11.8 Å². The Morgan fingerprint density at radius 2 is 1.86 bits per heavy atom. The molecule has 1 saturated heterocycles.